The lowest BCUT2D eigenvalue weighted by Gasteiger charge is -2.16. The van der Waals surface area contributed by atoms with Gasteiger partial charge in [-0.25, -0.2) is 0 Å². The van der Waals surface area contributed by atoms with Crippen molar-refractivity contribution in [1.29, 1.82) is 5.26 Å². The summed E-state index contributed by atoms with van der Waals surface area (Å²) in [4.78, 5) is 0. The number of hydrogen-bond donors (Lipinski definition) is 1. The third-order valence-corrected chi connectivity index (χ3v) is 3.16. The summed E-state index contributed by atoms with van der Waals surface area (Å²) in [6.45, 7) is 7.19. The SMILES string of the molecule is CCOC(CCCCNCc1ccc(C#N)cc1)OCC. The second-order valence-corrected chi connectivity index (χ2v) is 4.82. The van der Waals surface area contributed by atoms with Crippen molar-refractivity contribution in [3.05, 3.63) is 35.4 Å². The Labute approximate surface area is 128 Å². The molecule has 4 heteroatoms. The Morgan fingerprint density at radius 3 is 2.33 bits per heavy atom. The van der Waals surface area contributed by atoms with Crippen molar-refractivity contribution in [1.82, 2.24) is 5.32 Å². The minimum Gasteiger partial charge on any atom is -0.353 e. The predicted octanol–water partition coefficient (Wildman–Crippen LogP) is 3.22. The first kappa shape index (κ1) is 17.6. The minimum absolute atomic E-state index is 0.0569. The zero-order valence-corrected chi connectivity index (χ0v) is 13.1. The Morgan fingerprint density at radius 2 is 1.76 bits per heavy atom. The van der Waals surface area contributed by atoms with Crippen LogP contribution < -0.4 is 5.32 Å². The highest BCUT2D eigenvalue weighted by Gasteiger charge is 2.06. The van der Waals surface area contributed by atoms with E-state index >= 15 is 0 Å². The van der Waals surface area contributed by atoms with E-state index in [1.165, 1.54) is 5.56 Å². The number of benzene rings is 1. The molecule has 0 saturated carbocycles. The Balaban J connectivity index is 2.09. The Morgan fingerprint density at radius 1 is 1.10 bits per heavy atom. The highest BCUT2D eigenvalue weighted by atomic mass is 16.7. The van der Waals surface area contributed by atoms with Gasteiger partial charge in [0.1, 0.15) is 0 Å². The second-order valence-electron chi connectivity index (χ2n) is 4.82. The van der Waals surface area contributed by atoms with Crippen LogP contribution in [-0.4, -0.2) is 26.0 Å². The fourth-order valence-electron chi connectivity index (χ4n) is 2.08. The molecule has 0 unspecified atom stereocenters. The molecular formula is C17H26N2O2. The summed E-state index contributed by atoms with van der Waals surface area (Å²) in [5.41, 5.74) is 1.91. The van der Waals surface area contributed by atoms with Gasteiger partial charge in [0.15, 0.2) is 6.29 Å². The van der Waals surface area contributed by atoms with Gasteiger partial charge in [-0.1, -0.05) is 12.1 Å². The third-order valence-electron chi connectivity index (χ3n) is 3.16. The van der Waals surface area contributed by atoms with E-state index in [2.05, 4.69) is 11.4 Å². The monoisotopic (exact) mass is 290 g/mol. The highest BCUT2D eigenvalue weighted by molar-refractivity contribution is 5.31. The summed E-state index contributed by atoms with van der Waals surface area (Å²) in [6.07, 6.45) is 3.08. The molecule has 1 aromatic rings. The van der Waals surface area contributed by atoms with E-state index in [0.717, 1.165) is 32.4 Å². The second kappa shape index (κ2) is 11.3. The third kappa shape index (κ3) is 7.81. The number of nitrogens with zero attached hydrogens (tertiary/aromatic N) is 1. The predicted molar refractivity (Wildman–Crippen MR) is 83.8 cm³/mol. The van der Waals surface area contributed by atoms with Crippen molar-refractivity contribution in [3.8, 4) is 6.07 Å². The molecule has 0 saturated heterocycles. The maximum atomic E-state index is 8.74. The summed E-state index contributed by atoms with van der Waals surface area (Å²) < 4.78 is 11.0. The van der Waals surface area contributed by atoms with Gasteiger partial charge < -0.3 is 14.8 Å². The molecule has 21 heavy (non-hydrogen) atoms. The molecule has 0 heterocycles. The molecular weight excluding hydrogens is 264 g/mol. The Bertz CT molecular complexity index is 406. The molecule has 0 amide bonds. The van der Waals surface area contributed by atoms with Gasteiger partial charge in [-0.2, -0.15) is 5.26 Å². The largest absolute Gasteiger partial charge is 0.353 e. The van der Waals surface area contributed by atoms with Crippen LogP contribution in [0.5, 0.6) is 0 Å². The number of nitrogens with one attached hydrogen (secondary N) is 1. The van der Waals surface area contributed by atoms with Gasteiger partial charge in [0.05, 0.1) is 11.6 Å². The maximum absolute atomic E-state index is 8.74. The lowest BCUT2D eigenvalue weighted by atomic mass is 10.1. The van der Waals surface area contributed by atoms with Gasteiger partial charge in [-0.15, -0.1) is 0 Å². The Hall–Kier alpha value is -1.41. The first-order valence-corrected chi connectivity index (χ1v) is 7.73. The van der Waals surface area contributed by atoms with Crippen LogP contribution >= 0.6 is 0 Å². The molecule has 0 aliphatic heterocycles. The van der Waals surface area contributed by atoms with Crippen molar-refractivity contribution in [2.24, 2.45) is 0 Å². The summed E-state index contributed by atoms with van der Waals surface area (Å²) in [7, 11) is 0. The van der Waals surface area contributed by atoms with Gasteiger partial charge in [0.2, 0.25) is 0 Å². The molecule has 1 rings (SSSR count). The van der Waals surface area contributed by atoms with Crippen molar-refractivity contribution >= 4 is 0 Å². The Kier molecular flexibility index (Phi) is 9.47. The number of hydrogen-bond acceptors (Lipinski definition) is 4. The molecule has 0 spiro atoms. The van der Waals surface area contributed by atoms with E-state index in [1.54, 1.807) is 0 Å². The summed E-state index contributed by atoms with van der Waals surface area (Å²) >= 11 is 0. The van der Waals surface area contributed by atoms with Crippen molar-refractivity contribution in [3.63, 3.8) is 0 Å². The minimum atomic E-state index is -0.0569. The molecule has 0 fully saturated rings. The van der Waals surface area contributed by atoms with Crippen LogP contribution in [0.25, 0.3) is 0 Å². The molecule has 116 valence electrons. The number of ether oxygens (including phenoxy) is 2. The highest BCUT2D eigenvalue weighted by Crippen LogP contribution is 2.07. The van der Waals surface area contributed by atoms with Crippen molar-refractivity contribution in [2.75, 3.05) is 19.8 Å². The quantitative estimate of drug-likeness (QED) is 0.502. The average Bonchev–Trinajstić information content (AvgIpc) is 2.51. The molecule has 0 radical (unpaired) electrons. The molecule has 0 bridgehead atoms. The number of unbranched alkanes of at least 4 members (excludes halogenated alkanes) is 1. The van der Waals surface area contributed by atoms with Gasteiger partial charge in [-0.3, -0.25) is 0 Å². The zero-order chi connectivity index (χ0) is 15.3. The van der Waals surface area contributed by atoms with E-state index in [9.17, 15) is 0 Å². The van der Waals surface area contributed by atoms with Crippen molar-refractivity contribution in [2.45, 2.75) is 45.9 Å². The van der Waals surface area contributed by atoms with Gasteiger partial charge in [-0.05, 0) is 57.4 Å². The van der Waals surface area contributed by atoms with Crippen LogP contribution in [0.4, 0.5) is 0 Å². The van der Waals surface area contributed by atoms with Crippen molar-refractivity contribution < 1.29 is 9.47 Å². The topological polar surface area (TPSA) is 54.3 Å². The van der Waals surface area contributed by atoms with Crippen LogP contribution in [0.15, 0.2) is 24.3 Å². The van der Waals surface area contributed by atoms with E-state index in [-0.39, 0.29) is 6.29 Å². The van der Waals surface area contributed by atoms with Crippen LogP contribution in [0.3, 0.4) is 0 Å². The van der Waals surface area contributed by atoms with E-state index in [1.807, 2.05) is 38.1 Å². The smallest absolute Gasteiger partial charge is 0.157 e. The lowest BCUT2D eigenvalue weighted by molar-refractivity contribution is -0.140. The van der Waals surface area contributed by atoms with E-state index in [0.29, 0.717) is 18.8 Å². The number of nitriles is 1. The van der Waals surface area contributed by atoms with Gasteiger partial charge in [0.25, 0.3) is 0 Å². The maximum Gasteiger partial charge on any atom is 0.157 e. The molecule has 1 aromatic carbocycles. The average molecular weight is 290 g/mol. The van der Waals surface area contributed by atoms with Gasteiger partial charge >= 0.3 is 0 Å². The van der Waals surface area contributed by atoms with Crippen LogP contribution in [0.1, 0.15) is 44.2 Å². The summed E-state index contributed by atoms with van der Waals surface area (Å²) in [6, 6.07) is 9.81. The summed E-state index contributed by atoms with van der Waals surface area (Å²) in [5, 5.41) is 12.1. The molecule has 4 nitrogen and oxygen atoms in total. The molecule has 0 aromatic heterocycles. The molecule has 0 atom stereocenters. The fourth-order valence-corrected chi connectivity index (χ4v) is 2.08. The first-order valence-electron chi connectivity index (χ1n) is 7.73. The van der Waals surface area contributed by atoms with Crippen LogP contribution in [0.2, 0.25) is 0 Å². The number of rotatable bonds is 11. The van der Waals surface area contributed by atoms with Crippen LogP contribution in [0, 0.1) is 11.3 Å². The van der Waals surface area contributed by atoms with E-state index in [4.69, 9.17) is 14.7 Å². The molecule has 1 N–H and O–H groups in total. The fraction of sp³-hybridized carbons (Fsp3) is 0.588. The lowest BCUT2D eigenvalue weighted by Crippen LogP contribution is -2.19. The summed E-state index contributed by atoms with van der Waals surface area (Å²) in [5.74, 6) is 0. The van der Waals surface area contributed by atoms with Crippen LogP contribution in [-0.2, 0) is 16.0 Å². The zero-order valence-electron chi connectivity index (χ0n) is 13.1. The molecule has 0 aliphatic carbocycles. The van der Waals surface area contributed by atoms with E-state index < -0.39 is 0 Å². The molecule has 0 aliphatic rings. The first-order chi connectivity index (χ1) is 10.3. The van der Waals surface area contributed by atoms with Gasteiger partial charge in [0, 0.05) is 19.8 Å². The normalized spacial score (nSPS) is 10.8. The standard InChI is InChI=1S/C17H26N2O2/c1-3-20-17(21-4-2)7-5-6-12-19-14-16-10-8-15(13-18)9-11-16/h8-11,17,19H,3-7,12,14H2,1-2H3.